The van der Waals surface area contributed by atoms with Crippen LogP contribution in [-0.4, -0.2) is 59.5 Å². The maximum atomic E-state index is 15.2. The highest BCUT2D eigenvalue weighted by molar-refractivity contribution is 6.62. The van der Waals surface area contributed by atoms with Gasteiger partial charge in [-0.15, -0.1) is 0 Å². The molecule has 1 aromatic rings. The average molecular weight is 487 g/mol. The molecule has 0 aromatic heterocycles. The molecule has 2 aliphatic rings. The van der Waals surface area contributed by atoms with Gasteiger partial charge < -0.3 is 24.3 Å². The van der Waals surface area contributed by atoms with Gasteiger partial charge in [-0.2, -0.15) is 5.26 Å². The summed E-state index contributed by atoms with van der Waals surface area (Å²) >= 11 is 0. The van der Waals surface area contributed by atoms with Crippen molar-refractivity contribution in [3.05, 3.63) is 29.6 Å². The number of ether oxygens (including phenoxy) is 1. The number of carbonyl (C=O) groups excluding carboxylic acids is 2. The van der Waals surface area contributed by atoms with Crippen LogP contribution in [0.25, 0.3) is 0 Å². The van der Waals surface area contributed by atoms with Crippen LogP contribution in [0.2, 0.25) is 0 Å². The van der Waals surface area contributed by atoms with E-state index in [2.05, 4.69) is 11.4 Å². The van der Waals surface area contributed by atoms with E-state index in [1.54, 1.807) is 32.9 Å². The van der Waals surface area contributed by atoms with Gasteiger partial charge in [-0.05, 0) is 78.4 Å². The van der Waals surface area contributed by atoms with Crippen LogP contribution in [-0.2, 0) is 25.3 Å². The Bertz CT molecular complexity index is 1000. The molecule has 2 atom stereocenters. The van der Waals surface area contributed by atoms with Gasteiger partial charge in [0, 0.05) is 13.0 Å². The second-order valence-corrected chi connectivity index (χ2v) is 11.2. The summed E-state index contributed by atoms with van der Waals surface area (Å²) < 4.78 is 32.5. The molecular formula is C25H35BFN3O5. The molecule has 1 aromatic carbocycles. The van der Waals surface area contributed by atoms with Gasteiger partial charge in [0.1, 0.15) is 23.5 Å². The highest BCUT2D eigenvalue weighted by Crippen LogP contribution is 2.36. The molecule has 10 heteroatoms. The summed E-state index contributed by atoms with van der Waals surface area (Å²) in [4.78, 5) is 27.2. The lowest BCUT2D eigenvalue weighted by Crippen LogP contribution is -2.52. The van der Waals surface area contributed by atoms with Gasteiger partial charge in [0.15, 0.2) is 0 Å². The summed E-state index contributed by atoms with van der Waals surface area (Å²) in [5, 5.41) is 12.0. The van der Waals surface area contributed by atoms with Crippen LogP contribution in [0.3, 0.4) is 0 Å². The molecule has 0 bridgehead atoms. The van der Waals surface area contributed by atoms with Crippen LogP contribution >= 0.6 is 0 Å². The second-order valence-electron chi connectivity index (χ2n) is 11.2. The zero-order valence-corrected chi connectivity index (χ0v) is 21.6. The summed E-state index contributed by atoms with van der Waals surface area (Å²) in [6, 6.07) is 5.07. The van der Waals surface area contributed by atoms with Gasteiger partial charge in [-0.3, -0.25) is 4.79 Å². The molecule has 8 nitrogen and oxygen atoms in total. The third-order valence-corrected chi connectivity index (χ3v) is 6.70. The smallest absolute Gasteiger partial charge is 0.444 e. The van der Waals surface area contributed by atoms with E-state index < -0.39 is 53.8 Å². The molecule has 2 heterocycles. The number of nitriles is 1. The fourth-order valence-electron chi connectivity index (χ4n) is 4.09. The highest BCUT2D eigenvalue weighted by atomic mass is 19.1. The number of nitrogens with one attached hydrogen (secondary N) is 1. The van der Waals surface area contributed by atoms with E-state index in [9.17, 15) is 14.9 Å². The van der Waals surface area contributed by atoms with Crippen LogP contribution in [0.1, 0.15) is 66.9 Å². The van der Waals surface area contributed by atoms with Crippen molar-refractivity contribution in [2.24, 2.45) is 0 Å². The molecule has 0 spiro atoms. The first-order valence-corrected chi connectivity index (χ1v) is 12.0. The summed E-state index contributed by atoms with van der Waals surface area (Å²) in [6.45, 7) is 13.2. The predicted octanol–water partition coefficient (Wildman–Crippen LogP) is 3.08. The number of halogens is 1. The standard InChI is InChI=1S/C25H35BFN3O5/c1-23(2,3)33-22(32)29-20(21(31)30-12-8-9-18(30)15-28)13-16-10-11-17(14-19(16)27)26-34-24(4,5)25(6,7)35-26/h10-11,14,18,20H,8-9,12-13H2,1-7H3,(H,29,32)/t18-,20-/m0/s1. The normalized spacial score (nSPS) is 22.0. The molecule has 0 radical (unpaired) electrons. The summed E-state index contributed by atoms with van der Waals surface area (Å²) in [7, 11) is -0.721. The Balaban J connectivity index is 1.82. The molecule has 35 heavy (non-hydrogen) atoms. The molecule has 2 amide bonds. The summed E-state index contributed by atoms with van der Waals surface area (Å²) in [5.41, 5.74) is -1.12. The number of hydrogen-bond donors (Lipinski definition) is 1. The van der Waals surface area contributed by atoms with Crippen molar-refractivity contribution in [2.75, 3.05) is 6.54 Å². The maximum absolute atomic E-state index is 15.2. The van der Waals surface area contributed by atoms with Gasteiger partial charge >= 0.3 is 13.2 Å². The van der Waals surface area contributed by atoms with E-state index in [0.717, 1.165) is 0 Å². The molecule has 190 valence electrons. The van der Waals surface area contributed by atoms with Gasteiger partial charge in [0.25, 0.3) is 0 Å². The topological polar surface area (TPSA) is 101 Å². The van der Waals surface area contributed by atoms with E-state index in [-0.39, 0.29) is 12.0 Å². The lowest BCUT2D eigenvalue weighted by Gasteiger charge is -2.32. The Labute approximate surface area is 207 Å². The Morgan fingerprint density at radius 2 is 1.91 bits per heavy atom. The minimum atomic E-state index is -1.09. The maximum Gasteiger partial charge on any atom is 0.494 e. The van der Waals surface area contributed by atoms with E-state index in [4.69, 9.17) is 14.0 Å². The zero-order chi connectivity index (χ0) is 26.2. The first-order valence-electron chi connectivity index (χ1n) is 12.0. The van der Waals surface area contributed by atoms with Crippen molar-refractivity contribution < 1.29 is 28.0 Å². The van der Waals surface area contributed by atoms with Crippen molar-refractivity contribution in [1.82, 2.24) is 10.2 Å². The number of likely N-dealkylation sites (tertiary alicyclic amines) is 1. The number of benzene rings is 1. The second kappa shape index (κ2) is 9.78. The summed E-state index contributed by atoms with van der Waals surface area (Å²) in [6.07, 6.45) is 0.388. The van der Waals surface area contributed by atoms with Gasteiger partial charge in [-0.1, -0.05) is 12.1 Å². The minimum Gasteiger partial charge on any atom is -0.444 e. The number of alkyl carbamates (subject to hydrolysis) is 1. The molecular weight excluding hydrogens is 452 g/mol. The molecule has 0 saturated carbocycles. The number of nitrogens with zero attached hydrogens (tertiary/aromatic N) is 2. The molecule has 3 rings (SSSR count). The van der Waals surface area contributed by atoms with Crippen molar-refractivity contribution in [2.45, 2.75) is 96.6 Å². The van der Waals surface area contributed by atoms with E-state index in [1.807, 2.05) is 27.7 Å². The lowest BCUT2D eigenvalue weighted by molar-refractivity contribution is -0.133. The van der Waals surface area contributed by atoms with Crippen molar-refractivity contribution in [3.63, 3.8) is 0 Å². The van der Waals surface area contributed by atoms with Crippen LogP contribution in [0, 0.1) is 17.1 Å². The highest BCUT2D eigenvalue weighted by Gasteiger charge is 2.51. The Morgan fingerprint density at radius 3 is 2.46 bits per heavy atom. The molecule has 2 saturated heterocycles. The van der Waals surface area contributed by atoms with Crippen LogP contribution in [0.15, 0.2) is 18.2 Å². The summed E-state index contributed by atoms with van der Waals surface area (Å²) in [5.74, 6) is -0.978. The zero-order valence-electron chi connectivity index (χ0n) is 21.6. The Morgan fingerprint density at radius 1 is 1.29 bits per heavy atom. The predicted molar refractivity (Wildman–Crippen MR) is 129 cm³/mol. The molecule has 2 fully saturated rings. The number of hydrogen-bond acceptors (Lipinski definition) is 6. The van der Waals surface area contributed by atoms with Gasteiger partial charge in [-0.25, -0.2) is 9.18 Å². The largest absolute Gasteiger partial charge is 0.494 e. The number of amides is 2. The SMILES string of the molecule is CC(C)(C)OC(=O)N[C@@H](Cc1ccc(B2OC(C)(C)C(C)(C)O2)cc1F)C(=O)N1CCC[C@H]1C#N. The molecule has 2 aliphatic heterocycles. The first-order chi connectivity index (χ1) is 16.1. The van der Waals surface area contributed by atoms with Crippen molar-refractivity contribution in [3.8, 4) is 6.07 Å². The lowest BCUT2D eigenvalue weighted by atomic mass is 9.78. The van der Waals surface area contributed by atoms with Crippen molar-refractivity contribution >= 4 is 24.6 Å². The van der Waals surface area contributed by atoms with E-state index >= 15 is 4.39 Å². The fourth-order valence-corrected chi connectivity index (χ4v) is 4.09. The van der Waals surface area contributed by atoms with Gasteiger partial charge in [0.05, 0.1) is 17.3 Å². The van der Waals surface area contributed by atoms with Crippen LogP contribution in [0.4, 0.5) is 9.18 Å². The third-order valence-electron chi connectivity index (χ3n) is 6.70. The van der Waals surface area contributed by atoms with Crippen LogP contribution < -0.4 is 10.8 Å². The quantitative estimate of drug-likeness (QED) is 0.641. The molecule has 0 unspecified atom stereocenters. The van der Waals surface area contributed by atoms with Gasteiger partial charge in [0.2, 0.25) is 5.91 Å². The Kier molecular flexibility index (Phi) is 7.54. The molecule has 1 N–H and O–H groups in total. The van der Waals surface area contributed by atoms with Crippen LogP contribution in [0.5, 0.6) is 0 Å². The monoisotopic (exact) mass is 487 g/mol. The molecule has 0 aliphatic carbocycles. The Hall–Kier alpha value is -2.64. The number of carbonyl (C=O) groups is 2. The minimum absolute atomic E-state index is 0.0950. The third kappa shape index (κ3) is 6.14. The number of rotatable bonds is 5. The average Bonchev–Trinajstić information content (AvgIpc) is 3.28. The van der Waals surface area contributed by atoms with E-state index in [1.165, 1.54) is 11.0 Å². The van der Waals surface area contributed by atoms with E-state index in [0.29, 0.717) is 24.8 Å². The first kappa shape index (κ1) is 27.0. The fraction of sp³-hybridized carbons (Fsp3) is 0.640. The van der Waals surface area contributed by atoms with Crippen molar-refractivity contribution in [1.29, 1.82) is 5.26 Å².